The molecule has 1 saturated carbocycles. The van der Waals surface area contributed by atoms with Crippen molar-refractivity contribution >= 4 is 0 Å². The third-order valence-corrected chi connectivity index (χ3v) is 4.41. The number of nitrogens with two attached hydrogens (primary N) is 1. The first-order chi connectivity index (χ1) is 9.12. The average Bonchev–Trinajstić information content (AvgIpc) is 2.46. The number of benzene rings is 1. The molecule has 19 heavy (non-hydrogen) atoms. The zero-order valence-electron chi connectivity index (χ0n) is 12.2. The lowest BCUT2D eigenvalue weighted by Gasteiger charge is -2.39. The lowest BCUT2D eigenvalue weighted by Crippen LogP contribution is -2.41. The lowest BCUT2D eigenvalue weighted by molar-refractivity contribution is 0.216. The molecule has 1 aromatic rings. The molecular weight excluding hydrogens is 238 g/mol. The minimum atomic E-state index is -0.253. The first-order valence-electron chi connectivity index (χ1n) is 7.14. The van der Waals surface area contributed by atoms with Gasteiger partial charge >= 0.3 is 0 Å². The molecule has 0 bridgehead atoms. The monoisotopic (exact) mass is 263 g/mol. The van der Waals surface area contributed by atoms with E-state index in [2.05, 4.69) is 13.0 Å². The molecule has 1 fully saturated rings. The molecule has 0 aromatic heterocycles. The Kier molecular flexibility index (Phi) is 4.35. The summed E-state index contributed by atoms with van der Waals surface area (Å²) in [6.07, 6.45) is 5.79. The van der Waals surface area contributed by atoms with Gasteiger partial charge < -0.3 is 15.2 Å². The molecule has 0 aliphatic heterocycles. The highest BCUT2D eigenvalue weighted by molar-refractivity contribution is 5.44. The van der Waals surface area contributed by atoms with Crippen LogP contribution >= 0.6 is 0 Å². The first kappa shape index (κ1) is 14.2. The predicted octanol–water partition coefficient (Wildman–Crippen LogP) is 3.46. The summed E-state index contributed by atoms with van der Waals surface area (Å²) in [7, 11) is 3.36. The van der Waals surface area contributed by atoms with Crippen LogP contribution in [0.1, 0.15) is 44.6 Å². The number of rotatable bonds is 4. The van der Waals surface area contributed by atoms with Crippen LogP contribution in [0.3, 0.4) is 0 Å². The topological polar surface area (TPSA) is 44.5 Å². The maximum atomic E-state index is 6.69. The van der Waals surface area contributed by atoms with Gasteiger partial charge in [-0.1, -0.05) is 26.2 Å². The van der Waals surface area contributed by atoms with Crippen LogP contribution in [0.4, 0.5) is 0 Å². The number of hydrogen-bond donors (Lipinski definition) is 1. The van der Waals surface area contributed by atoms with Crippen LogP contribution in [0, 0.1) is 5.92 Å². The number of hydrogen-bond acceptors (Lipinski definition) is 3. The Morgan fingerprint density at radius 3 is 2.74 bits per heavy atom. The van der Waals surface area contributed by atoms with Gasteiger partial charge in [-0.15, -0.1) is 0 Å². The van der Waals surface area contributed by atoms with Gasteiger partial charge in [-0.25, -0.2) is 0 Å². The van der Waals surface area contributed by atoms with E-state index in [4.69, 9.17) is 15.2 Å². The van der Waals surface area contributed by atoms with Crippen LogP contribution < -0.4 is 15.2 Å². The standard InChI is InChI=1S/C16H25NO2/c1-4-12-6-5-9-16(17,11-12)14-8-7-13(18-2)10-15(14)19-3/h7-8,10,12H,4-6,9,11,17H2,1-3H3. The van der Waals surface area contributed by atoms with Crippen molar-refractivity contribution in [2.24, 2.45) is 11.7 Å². The van der Waals surface area contributed by atoms with E-state index in [1.54, 1.807) is 14.2 Å². The van der Waals surface area contributed by atoms with E-state index in [-0.39, 0.29) is 5.54 Å². The van der Waals surface area contributed by atoms with Gasteiger partial charge in [-0.3, -0.25) is 0 Å². The summed E-state index contributed by atoms with van der Waals surface area (Å²) in [5.41, 5.74) is 7.56. The van der Waals surface area contributed by atoms with E-state index >= 15 is 0 Å². The third-order valence-electron chi connectivity index (χ3n) is 4.41. The number of ether oxygens (including phenoxy) is 2. The van der Waals surface area contributed by atoms with E-state index in [9.17, 15) is 0 Å². The van der Waals surface area contributed by atoms with Gasteiger partial charge in [-0.2, -0.15) is 0 Å². The van der Waals surface area contributed by atoms with Crippen molar-refractivity contribution in [1.29, 1.82) is 0 Å². The van der Waals surface area contributed by atoms with Crippen LogP contribution in [0.2, 0.25) is 0 Å². The van der Waals surface area contributed by atoms with Crippen molar-refractivity contribution < 1.29 is 9.47 Å². The minimum Gasteiger partial charge on any atom is -0.497 e. The molecule has 2 unspecified atom stereocenters. The van der Waals surface area contributed by atoms with E-state index in [1.807, 2.05) is 12.1 Å². The minimum absolute atomic E-state index is 0.253. The summed E-state index contributed by atoms with van der Waals surface area (Å²) in [6, 6.07) is 5.97. The van der Waals surface area contributed by atoms with Crippen molar-refractivity contribution in [2.45, 2.75) is 44.6 Å². The fourth-order valence-electron chi connectivity index (χ4n) is 3.23. The zero-order valence-corrected chi connectivity index (χ0v) is 12.2. The van der Waals surface area contributed by atoms with E-state index in [1.165, 1.54) is 19.3 Å². The molecule has 2 atom stereocenters. The van der Waals surface area contributed by atoms with Gasteiger partial charge in [0.1, 0.15) is 11.5 Å². The van der Waals surface area contributed by atoms with E-state index in [0.29, 0.717) is 0 Å². The molecule has 0 radical (unpaired) electrons. The molecule has 1 aliphatic carbocycles. The van der Waals surface area contributed by atoms with Gasteiger partial charge in [-0.05, 0) is 30.9 Å². The fourth-order valence-corrected chi connectivity index (χ4v) is 3.23. The Balaban J connectivity index is 2.33. The maximum Gasteiger partial charge on any atom is 0.127 e. The van der Waals surface area contributed by atoms with Gasteiger partial charge in [0.15, 0.2) is 0 Å². The largest absolute Gasteiger partial charge is 0.497 e. The molecule has 1 aliphatic rings. The molecule has 3 heteroatoms. The van der Waals surface area contributed by atoms with Gasteiger partial charge in [0.2, 0.25) is 0 Å². The maximum absolute atomic E-state index is 6.69. The highest BCUT2D eigenvalue weighted by atomic mass is 16.5. The highest BCUT2D eigenvalue weighted by Gasteiger charge is 2.35. The van der Waals surface area contributed by atoms with E-state index < -0.39 is 0 Å². The SMILES string of the molecule is CCC1CCCC(N)(c2ccc(OC)cc2OC)C1. The molecule has 3 nitrogen and oxygen atoms in total. The molecular formula is C16H25NO2. The van der Waals surface area contributed by atoms with Crippen molar-refractivity contribution in [3.05, 3.63) is 23.8 Å². The van der Waals surface area contributed by atoms with Gasteiger partial charge in [0.25, 0.3) is 0 Å². The number of methoxy groups -OCH3 is 2. The van der Waals surface area contributed by atoms with Crippen molar-refractivity contribution in [1.82, 2.24) is 0 Å². The predicted molar refractivity (Wildman–Crippen MR) is 77.7 cm³/mol. The highest BCUT2D eigenvalue weighted by Crippen LogP contribution is 2.43. The van der Waals surface area contributed by atoms with Crippen LogP contribution in [0.5, 0.6) is 11.5 Å². The Morgan fingerprint density at radius 2 is 2.11 bits per heavy atom. The van der Waals surface area contributed by atoms with Crippen molar-refractivity contribution in [3.63, 3.8) is 0 Å². The van der Waals surface area contributed by atoms with E-state index in [0.717, 1.165) is 35.8 Å². The van der Waals surface area contributed by atoms with Crippen LogP contribution in [-0.4, -0.2) is 14.2 Å². The Labute approximate surface area is 116 Å². The summed E-state index contributed by atoms with van der Waals surface area (Å²) in [4.78, 5) is 0. The van der Waals surface area contributed by atoms with Crippen LogP contribution in [0.15, 0.2) is 18.2 Å². The molecule has 106 valence electrons. The normalized spacial score (nSPS) is 27.1. The van der Waals surface area contributed by atoms with Crippen molar-refractivity contribution in [3.8, 4) is 11.5 Å². The van der Waals surface area contributed by atoms with Crippen LogP contribution in [0.25, 0.3) is 0 Å². The molecule has 0 heterocycles. The van der Waals surface area contributed by atoms with Crippen LogP contribution in [-0.2, 0) is 5.54 Å². The third kappa shape index (κ3) is 2.86. The second-order valence-electron chi connectivity index (χ2n) is 5.59. The molecule has 0 saturated heterocycles. The summed E-state index contributed by atoms with van der Waals surface area (Å²) >= 11 is 0. The molecule has 2 N–H and O–H groups in total. The quantitative estimate of drug-likeness (QED) is 0.904. The first-order valence-corrected chi connectivity index (χ1v) is 7.14. The molecule has 0 amide bonds. The summed E-state index contributed by atoms with van der Waals surface area (Å²) in [6.45, 7) is 2.25. The Bertz CT molecular complexity index is 433. The zero-order chi connectivity index (χ0) is 13.9. The summed E-state index contributed by atoms with van der Waals surface area (Å²) < 4.78 is 10.8. The second-order valence-corrected chi connectivity index (χ2v) is 5.59. The fraction of sp³-hybridized carbons (Fsp3) is 0.625. The Hall–Kier alpha value is -1.22. The average molecular weight is 263 g/mol. The molecule has 1 aromatic carbocycles. The smallest absolute Gasteiger partial charge is 0.127 e. The molecule has 2 rings (SSSR count). The summed E-state index contributed by atoms with van der Waals surface area (Å²) in [5.74, 6) is 2.39. The summed E-state index contributed by atoms with van der Waals surface area (Å²) in [5, 5.41) is 0. The van der Waals surface area contributed by atoms with Crippen molar-refractivity contribution in [2.75, 3.05) is 14.2 Å². The second kappa shape index (κ2) is 5.83. The Morgan fingerprint density at radius 1 is 1.32 bits per heavy atom. The molecule has 0 spiro atoms. The van der Waals surface area contributed by atoms with Gasteiger partial charge in [0.05, 0.1) is 14.2 Å². The van der Waals surface area contributed by atoms with Gasteiger partial charge in [0, 0.05) is 17.2 Å². The lowest BCUT2D eigenvalue weighted by atomic mass is 9.71.